The van der Waals surface area contributed by atoms with Crippen LogP contribution in [0.1, 0.15) is 24.8 Å². The van der Waals surface area contributed by atoms with Gasteiger partial charge in [-0.2, -0.15) is 0 Å². The molecule has 4 heteroatoms. The number of carbonyl (C=O) groups excluding carboxylic acids is 1. The second-order valence-corrected chi connectivity index (χ2v) is 7.25. The van der Waals surface area contributed by atoms with E-state index < -0.39 is 0 Å². The normalized spacial score (nSPS) is 22.1. The number of nitrogens with zero attached hydrogens (tertiary/aromatic N) is 2. The van der Waals surface area contributed by atoms with E-state index in [1.54, 1.807) is 11.1 Å². The first kappa shape index (κ1) is 15.1. The predicted molar refractivity (Wildman–Crippen MR) is 97.6 cm³/mol. The number of hydrogen-bond donors (Lipinski definition) is 0. The maximum Gasteiger partial charge on any atom is 0.239 e. The Morgan fingerprint density at radius 3 is 2.42 bits per heavy atom. The van der Waals surface area contributed by atoms with Crippen LogP contribution in [-0.4, -0.2) is 10.9 Å². The topological polar surface area (TPSA) is 33.2 Å². The van der Waals surface area contributed by atoms with Crippen LogP contribution in [0.15, 0.2) is 72.2 Å². The molecule has 0 spiro atoms. The number of carbonyl (C=O) groups is 1. The minimum absolute atomic E-state index is 0.123. The van der Waals surface area contributed by atoms with Gasteiger partial charge in [0.15, 0.2) is 5.13 Å². The summed E-state index contributed by atoms with van der Waals surface area (Å²) in [5.74, 6) is 0.398. The van der Waals surface area contributed by atoms with Gasteiger partial charge >= 0.3 is 0 Å². The van der Waals surface area contributed by atoms with E-state index >= 15 is 0 Å². The van der Waals surface area contributed by atoms with Crippen molar-refractivity contribution in [1.29, 1.82) is 0 Å². The lowest BCUT2D eigenvalue weighted by Crippen LogP contribution is -2.33. The molecule has 0 saturated heterocycles. The summed E-state index contributed by atoms with van der Waals surface area (Å²) in [5.41, 5.74) is 1.74. The standard InChI is InChI=1S/C20H18N2OS/c1-20(14-17(20)15-8-4-2-5-9-15)18(23)22(19-21-12-13-24-19)16-10-6-3-7-11-16/h2-13,17H,14H2,1H3. The molecule has 1 fully saturated rings. The summed E-state index contributed by atoms with van der Waals surface area (Å²) in [6.45, 7) is 2.07. The average molecular weight is 334 g/mol. The number of hydrogen-bond acceptors (Lipinski definition) is 3. The maximum atomic E-state index is 13.4. The van der Waals surface area contributed by atoms with Gasteiger partial charge in [0.05, 0.1) is 11.1 Å². The number of para-hydroxylation sites is 1. The van der Waals surface area contributed by atoms with Gasteiger partial charge in [0.25, 0.3) is 0 Å². The van der Waals surface area contributed by atoms with Gasteiger partial charge in [-0.05, 0) is 30.0 Å². The summed E-state index contributed by atoms with van der Waals surface area (Å²) < 4.78 is 0. The minimum atomic E-state index is -0.372. The van der Waals surface area contributed by atoms with Crippen LogP contribution >= 0.6 is 11.3 Å². The molecule has 3 aromatic rings. The molecule has 1 aliphatic carbocycles. The average Bonchev–Trinajstić information content (AvgIpc) is 3.05. The quantitative estimate of drug-likeness (QED) is 0.672. The number of anilines is 2. The highest BCUT2D eigenvalue weighted by atomic mass is 32.1. The molecule has 0 bridgehead atoms. The van der Waals surface area contributed by atoms with Crippen LogP contribution in [0.2, 0.25) is 0 Å². The maximum absolute atomic E-state index is 13.4. The van der Waals surface area contributed by atoms with E-state index in [1.165, 1.54) is 16.9 Å². The molecule has 1 heterocycles. The summed E-state index contributed by atoms with van der Waals surface area (Å²) >= 11 is 1.49. The molecule has 1 aliphatic rings. The van der Waals surface area contributed by atoms with E-state index in [2.05, 4.69) is 24.0 Å². The lowest BCUT2D eigenvalue weighted by molar-refractivity contribution is -0.122. The molecule has 2 aromatic carbocycles. The Morgan fingerprint density at radius 1 is 1.12 bits per heavy atom. The summed E-state index contributed by atoms with van der Waals surface area (Å²) in [6, 6.07) is 20.1. The molecule has 4 rings (SSSR count). The van der Waals surface area contributed by atoms with Gasteiger partial charge in [0.2, 0.25) is 5.91 Å². The highest BCUT2D eigenvalue weighted by Gasteiger charge is 2.58. The SMILES string of the molecule is CC1(C(=O)N(c2ccccc2)c2nccs2)CC1c1ccccc1. The third-order valence-corrected chi connectivity index (χ3v) is 5.51. The minimum Gasteiger partial charge on any atom is -0.273 e. The van der Waals surface area contributed by atoms with Crippen molar-refractivity contribution in [2.45, 2.75) is 19.3 Å². The number of amides is 1. The fourth-order valence-electron chi connectivity index (χ4n) is 3.25. The third kappa shape index (κ3) is 2.53. The zero-order valence-corrected chi connectivity index (χ0v) is 14.2. The molecule has 1 saturated carbocycles. The van der Waals surface area contributed by atoms with E-state index in [4.69, 9.17) is 0 Å². The van der Waals surface area contributed by atoms with Gasteiger partial charge in [0, 0.05) is 11.6 Å². The van der Waals surface area contributed by atoms with Gasteiger partial charge in [-0.1, -0.05) is 55.5 Å². The van der Waals surface area contributed by atoms with E-state index in [0.29, 0.717) is 0 Å². The molecule has 24 heavy (non-hydrogen) atoms. The molecule has 1 amide bonds. The fourth-order valence-corrected chi connectivity index (χ4v) is 3.90. The fraction of sp³-hybridized carbons (Fsp3) is 0.200. The van der Waals surface area contributed by atoms with Gasteiger partial charge < -0.3 is 0 Å². The summed E-state index contributed by atoms with van der Waals surface area (Å²) in [5, 5.41) is 2.63. The molecule has 2 unspecified atom stereocenters. The van der Waals surface area contributed by atoms with Crippen LogP contribution in [0, 0.1) is 5.41 Å². The van der Waals surface area contributed by atoms with Crippen LogP contribution in [0.5, 0.6) is 0 Å². The van der Waals surface area contributed by atoms with E-state index in [-0.39, 0.29) is 17.2 Å². The van der Waals surface area contributed by atoms with Crippen molar-refractivity contribution in [1.82, 2.24) is 4.98 Å². The van der Waals surface area contributed by atoms with Crippen molar-refractivity contribution in [3.8, 4) is 0 Å². The monoisotopic (exact) mass is 334 g/mol. The van der Waals surface area contributed by atoms with E-state index in [0.717, 1.165) is 17.2 Å². The molecule has 0 radical (unpaired) electrons. The Balaban J connectivity index is 1.68. The number of benzene rings is 2. The van der Waals surface area contributed by atoms with Crippen molar-refractivity contribution in [2.24, 2.45) is 5.41 Å². The Hall–Kier alpha value is -2.46. The van der Waals surface area contributed by atoms with Gasteiger partial charge in [0.1, 0.15) is 0 Å². The molecular weight excluding hydrogens is 316 g/mol. The second kappa shape index (κ2) is 5.87. The molecule has 2 atom stereocenters. The van der Waals surface area contributed by atoms with Crippen LogP contribution in [0.4, 0.5) is 10.8 Å². The zero-order valence-electron chi connectivity index (χ0n) is 13.4. The first-order chi connectivity index (χ1) is 11.7. The van der Waals surface area contributed by atoms with Gasteiger partial charge in [-0.3, -0.25) is 9.69 Å². The number of rotatable bonds is 4. The molecule has 1 aromatic heterocycles. The van der Waals surface area contributed by atoms with Gasteiger partial charge in [-0.25, -0.2) is 4.98 Å². The number of thiazole rings is 1. The molecule has 3 nitrogen and oxygen atoms in total. The van der Waals surface area contributed by atoms with Crippen molar-refractivity contribution in [3.05, 3.63) is 77.8 Å². The Bertz CT molecular complexity index is 833. The van der Waals surface area contributed by atoms with Crippen LogP contribution in [-0.2, 0) is 4.79 Å². The van der Waals surface area contributed by atoms with Crippen molar-refractivity contribution in [3.63, 3.8) is 0 Å². The third-order valence-electron chi connectivity index (χ3n) is 4.76. The van der Waals surface area contributed by atoms with Crippen molar-refractivity contribution in [2.75, 3.05) is 4.90 Å². The first-order valence-corrected chi connectivity index (χ1v) is 8.92. The van der Waals surface area contributed by atoms with Crippen molar-refractivity contribution >= 4 is 28.1 Å². The van der Waals surface area contributed by atoms with Crippen molar-refractivity contribution < 1.29 is 4.79 Å². The van der Waals surface area contributed by atoms with Crippen LogP contribution in [0.3, 0.4) is 0 Å². The highest BCUT2D eigenvalue weighted by molar-refractivity contribution is 7.13. The zero-order chi connectivity index (χ0) is 16.6. The van der Waals surface area contributed by atoms with Crippen LogP contribution < -0.4 is 4.90 Å². The summed E-state index contributed by atoms with van der Waals surface area (Å²) in [6.07, 6.45) is 2.62. The Labute approximate surface area is 145 Å². The summed E-state index contributed by atoms with van der Waals surface area (Å²) in [7, 11) is 0. The summed E-state index contributed by atoms with van der Waals surface area (Å²) in [4.78, 5) is 19.6. The largest absolute Gasteiger partial charge is 0.273 e. The first-order valence-electron chi connectivity index (χ1n) is 8.04. The van der Waals surface area contributed by atoms with Gasteiger partial charge in [-0.15, -0.1) is 11.3 Å². The second-order valence-electron chi connectivity index (χ2n) is 6.38. The van der Waals surface area contributed by atoms with Crippen LogP contribution in [0.25, 0.3) is 0 Å². The molecule has 120 valence electrons. The number of aromatic nitrogens is 1. The predicted octanol–water partition coefficient (Wildman–Crippen LogP) is 5.00. The van der Waals surface area contributed by atoms with E-state index in [1.807, 2.05) is 53.9 Å². The smallest absolute Gasteiger partial charge is 0.239 e. The molecule has 0 N–H and O–H groups in total. The molecule has 0 aliphatic heterocycles. The lowest BCUT2D eigenvalue weighted by atomic mass is 9.99. The van der Waals surface area contributed by atoms with E-state index in [9.17, 15) is 4.79 Å². The lowest BCUT2D eigenvalue weighted by Gasteiger charge is -2.24. The Kier molecular flexibility index (Phi) is 3.69. The Morgan fingerprint density at radius 2 is 1.79 bits per heavy atom. The molecular formula is C20H18N2OS. The highest BCUT2D eigenvalue weighted by Crippen LogP contribution is 2.60.